The number of anilines is 1. The van der Waals surface area contributed by atoms with Gasteiger partial charge in [0.2, 0.25) is 11.8 Å². The van der Waals surface area contributed by atoms with Gasteiger partial charge in [-0.25, -0.2) is 8.42 Å². The normalized spacial score (nSPS) is 11.9. The van der Waals surface area contributed by atoms with Crippen LogP contribution >= 0.6 is 0 Å². The van der Waals surface area contributed by atoms with E-state index < -0.39 is 28.5 Å². The molecule has 0 saturated carbocycles. The highest BCUT2D eigenvalue weighted by Crippen LogP contribution is 2.26. The molecular formula is C29H35N3O5S. The molecule has 0 aliphatic heterocycles. The zero-order valence-electron chi connectivity index (χ0n) is 22.0. The molecule has 8 nitrogen and oxygen atoms in total. The quantitative estimate of drug-likeness (QED) is 0.352. The SMILES string of the molecule is CCCNC(=O)[C@@H](CC)N(Cc1ccccc1)C(=O)CN(c1ccc(OC)cc1)S(=O)(=O)c1ccccc1. The molecule has 3 aromatic carbocycles. The average Bonchev–Trinajstić information content (AvgIpc) is 2.95. The number of methoxy groups -OCH3 is 1. The third kappa shape index (κ3) is 7.13. The van der Waals surface area contributed by atoms with Crippen LogP contribution < -0.4 is 14.4 Å². The van der Waals surface area contributed by atoms with Crippen molar-refractivity contribution in [2.75, 3.05) is 24.5 Å². The Morgan fingerprint density at radius 1 is 0.895 bits per heavy atom. The first kappa shape index (κ1) is 28.7. The van der Waals surface area contributed by atoms with Crippen molar-refractivity contribution in [3.8, 4) is 5.75 Å². The van der Waals surface area contributed by atoms with Crippen LogP contribution in [0, 0.1) is 0 Å². The summed E-state index contributed by atoms with van der Waals surface area (Å²) in [6.45, 7) is 3.97. The number of sulfonamides is 1. The maximum Gasteiger partial charge on any atom is 0.264 e. The first-order valence-electron chi connectivity index (χ1n) is 12.6. The lowest BCUT2D eigenvalue weighted by molar-refractivity contribution is -0.140. The van der Waals surface area contributed by atoms with Crippen LogP contribution in [0.3, 0.4) is 0 Å². The highest BCUT2D eigenvalue weighted by Gasteiger charge is 2.33. The second-order valence-corrected chi connectivity index (χ2v) is 10.6. The van der Waals surface area contributed by atoms with E-state index >= 15 is 0 Å². The van der Waals surface area contributed by atoms with Gasteiger partial charge in [-0.1, -0.05) is 62.4 Å². The number of hydrogen-bond acceptors (Lipinski definition) is 5. The van der Waals surface area contributed by atoms with Gasteiger partial charge in [-0.05, 0) is 54.8 Å². The first-order chi connectivity index (χ1) is 18.3. The van der Waals surface area contributed by atoms with Gasteiger partial charge in [0, 0.05) is 13.1 Å². The molecule has 0 aliphatic carbocycles. The van der Waals surface area contributed by atoms with E-state index in [0.717, 1.165) is 16.3 Å². The third-order valence-corrected chi connectivity index (χ3v) is 7.89. The summed E-state index contributed by atoms with van der Waals surface area (Å²) in [6.07, 6.45) is 1.14. The minimum absolute atomic E-state index is 0.0611. The molecule has 0 unspecified atom stereocenters. The average molecular weight is 538 g/mol. The Hall–Kier alpha value is -3.85. The van der Waals surface area contributed by atoms with E-state index in [0.29, 0.717) is 24.4 Å². The minimum Gasteiger partial charge on any atom is -0.497 e. The van der Waals surface area contributed by atoms with Gasteiger partial charge in [-0.2, -0.15) is 0 Å². The van der Waals surface area contributed by atoms with Crippen LogP contribution in [0.25, 0.3) is 0 Å². The lowest BCUT2D eigenvalue weighted by Gasteiger charge is -2.33. The predicted octanol–water partition coefficient (Wildman–Crippen LogP) is 4.22. The maximum atomic E-state index is 13.9. The lowest BCUT2D eigenvalue weighted by atomic mass is 10.1. The Morgan fingerprint density at radius 2 is 1.50 bits per heavy atom. The third-order valence-electron chi connectivity index (χ3n) is 6.10. The number of amides is 2. The van der Waals surface area contributed by atoms with Crippen molar-refractivity contribution in [1.29, 1.82) is 0 Å². The van der Waals surface area contributed by atoms with Crippen molar-refractivity contribution >= 4 is 27.5 Å². The van der Waals surface area contributed by atoms with Crippen molar-refractivity contribution in [2.45, 2.75) is 44.2 Å². The second kappa shape index (κ2) is 13.6. The fourth-order valence-corrected chi connectivity index (χ4v) is 5.50. The Labute approximate surface area is 225 Å². The Morgan fingerprint density at radius 3 is 2.05 bits per heavy atom. The van der Waals surface area contributed by atoms with Crippen LogP contribution in [-0.4, -0.2) is 51.4 Å². The summed E-state index contributed by atoms with van der Waals surface area (Å²) in [5, 5.41) is 2.88. The molecule has 0 heterocycles. The minimum atomic E-state index is -4.10. The van der Waals surface area contributed by atoms with Gasteiger partial charge in [0.25, 0.3) is 10.0 Å². The molecule has 0 fully saturated rings. The number of benzene rings is 3. The van der Waals surface area contributed by atoms with Gasteiger partial charge in [0.15, 0.2) is 0 Å². The molecule has 0 radical (unpaired) electrons. The van der Waals surface area contributed by atoms with Gasteiger partial charge in [-0.3, -0.25) is 13.9 Å². The summed E-state index contributed by atoms with van der Waals surface area (Å²) in [4.78, 5) is 28.5. The van der Waals surface area contributed by atoms with Crippen LogP contribution in [0.5, 0.6) is 5.75 Å². The van der Waals surface area contributed by atoms with E-state index in [-0.39, 0.29) is 17.3 Å². The molecule has 3 aromatic rings. The number of nitrogens with one attached hydrogen (secondary N) is 1. The van der Waals surface area contributed by atoms with Gasteiger partial charge >= 0.3 is 0 Å². The highest BCUT2D eigenvalue weighted by atomic mass is 32.2. The molecule has 3 rings (SSSR count). The summed E-state index contributed by atoms with van der Waals surface area (Å²) in [7, 11) is -2.58. The summed E-state index contributed by atoms with van der Waals surface area (Å²) in [6, 6.07) is 23.0. The van der Waals surface area contributed by atoms with Crippen LogP contribution in [0.2, 0.25) is 0 Å². The summed E-state index contributed by atoms with van der Waals surface area (Å²) in [5.74, 6) is -0.190. The van der Waals surface area contributed by atoms with E-state index in [1.807, 2.05) is 44.2 Å². The fraction of sp³-hybridized carbons (Fsp3) is 0.310. The number of nitrogens with zero attached hydrogens (tertiary/aromatic N) is 2. The van der Waals surface area contributed by atoms with E-state index in [9.17, 15) is 18.0 Å². The van der Waals surface area contributed by atoms with Gasteiger partial charge in [0.05, 0.1) is 17.7 Å². The van der Waals surface area contributed by atoms with Gasteiger partial charge in [-0.15, -0.1) is 0 Å². The van der Waals surface area contributed by atoms with Crippen molar-refractivity contribution in [2.24, 2.45) is 0 Å². The zero-order chi connectivity index (χ0) is 27.5. The van der Waals surface area contributed by atoms with Crippen LogP contribution in [0.1, 0.15) is 32.3 Å². The molecule has 1 atom stereocenters. The van der Waals surface area contributed by atoms with Crippen LogP contribution in [-0.2, 0) is 26.2 Å². The molecule has 38 heavy (non-hydrogen) atoms. The Kier molecular flexibility index (Phi) is 10.3. The first-order valence-corrected chi connectivity index (χ1v) is 14.1. The standard InChI is InChI=1S/C29H35N3O5S/c1-4-20-30-29(34)27(5-2)31(21-23-12-8-6-9-13-23)28(33)22-32(24-16-18-25(37-3)19-17-24)38(35,36)26-14-10-7-11-15-26/h6-19,27H,4-5,20-22H2,1-3H3,(H,30,34)/t27-/m1/s1. The Balaban J connectivity index is 2.02. The van der Waals surface area contributed by atoms with Gasteiger partial charge in [0.1, 0.15) is 18.3 Å². The molecule has 2 amide bonds. The zero-order valence-corrected chi connectivity index (χ0v) is 22.9. The number of hydrogen-bond donors (Lipinski definition) is 1. The largest absolute Gasteiger partial charge is 0.497 e. The molecule has 202 valence electrons. The number of carbonyl (C=O) groups excluding carboxylic acids is 2. The van der Waals surface area contributed by atoms with Gasteiger partial charge < -0.3 is 15.0 Å². The molecule has 0 aromatic heterocycles. The Bertz CT molecular complexity index is 1280. The summed E-state index contributed by atoms with van der Waals surface area (Å²) < 4.78 is 33.8. The fourth-order valence-electron chi connectivity index (χ4n) is 4.06. The molecule has 0 spiro atoms. The number of carbonyl (C=O) groups is 2. The lowest BCUT2D eigenvalue weighted by Crippen LogP contribution is -2.52. The summed E-state index contributed by atoms with van der Waals surface area (Å²) >= 11 is 0. The monoisotopic (exact) mass is 537 g/mol. The second-order valence-electron chi connectivity index (χ2n) is 8.75. The van der Waals surface area contributed by atoms with E-state index in [1.54, 1.807) is 42.5 Å². The number of rotatable bonds is 13. The van der Waals surface area contributed by atoms with Crippen LogP contribution in [0.4, 0.5) is 5.69 Å². The molecule has 0 aliphatic rings. The highest BCUT2D eigenvalue weighted by molar-refractivity contribution is 7.92. The van der Waals surface area contributed by atoms with E-state index in [1.165, 1.54) is 24.1 Å². The molecular weight excluding hydrogens is 502 g/mol. The van der Waals surface area contributed by atoms with E-state index in [2.05, 4.69) is 5.32 Å². The van der Waals surface area contributed by atoms with Crippen molar-refractivity contribution < 1.29 is 22.7 Å². The molecule has 0 saturated heterocycles. The van der Waals surface area contributed by atoms with E-state index in [4.69, 9.17) is 4.74 Å². The summed E-state index contributed by atoms with van der Waals surface area (Å²) in [5.41, 5.74) is 1.15. The van der Waals surface area contributed by atoms with Crippen molar-refractivity contribution in [1.82, 2.24) is 10.2 Å². The molecule has 0 bridgehead atoms. The van der Waals surface area contributed by atoms with Crippen molar-refractivity contribution in [3.05, 3.63) is 90.5 Å². The number of ether oxygens (including phenoxy) is 1. The van der Waals surface area contributed by atoms with Crippen LogP contribution in [0.15, 0.2) is 89.8 Å². The maximum absolute atomic E-state index is 13.9. The molecule has 1 N–H and O–H groups in total. The predicted molar refractivity (Wildman–Crippen MR) is 148 cm³/mol. The smallest absolute Gasteiger partial charge is 0.264 e. The molecule has 9 heteroatoms. The topological polar surface area (TPSA) is 96.0 Å². The van der Waals surface area contributed by atoms with Crippen molar-refractivity contribution in [3.63, 3.8) is 0 Å².